The van der Waals surface area contributed by atoms with Crippen LogP contribution >= 0.6 is 22.6 Å². The molecular formula is C10H11IN4O2S. The number of sulfonamides is 1. The summed E-state index contributed by atoms with van der Waals surface area (Å²) in [4.78, 5) is 0. The van der Waals surface area contributed by atoms with Gasteiger partial charge < -0.3 is 0 Å². The van der Waals surface area contributed by atoms with Crippen molar-refractivity contribution in [1.29, 1.82) is 0 Å². The van der Waals surface area contributed by atoms with Crippen molar-refractivity contribution in [2.75, 3.05) is 0 Å². The molecule has 2 N–H and O–H groups in total. The van der Waals surface area contributed by atoms with E-state index in [4.69, 9.17) is 5.14 Å². The fraction of sp³-hybridized carbons (Fsp3) is 0.200. The average Bonchev–Trinajstić information content (AvgIpc) is 2.72. The Morgan fingerprint density at radius 1 is 1.33 bits per heavy atom. The highest BCUT2D eigenvalue weighted by Crippen LogP contribution is 2.24. The Hall–Kier alpha value is -1.00. The minimum Gasteiger partial charge on any atom is -0.297 e. The fourth-order valence-electron chi connectivity index (χ4n) is 1.63. The molecule has 0 spiro atoms. The molecule has 6 nitrogen and oxygen atoms in total. The van der Waals surface area contributed by atoms with Crippen LogP contribution in [0.15, 0.2) is 29.4 Å². The number of hydrogen-bond donors (Lipinski definition) is 1. The number of rotatable bonds is 3. The maximum Gasteiger partial charge on any atom is 0.273 e. The van der Waals surface area contributed by atoms with Gasteiger partial charge in [-0.3, -0.25) is 4.57 Å². The molecule has 0 aliphatic carbocycles. The van der Waals surface area contributed by atoms with E-state index in [1.165, 1.54) is 4.57 Å². The maximum absolute atomic E-state index is 11.4. The van der Waals surface area contributed by atoms with Gasteiger partial charge in [-0.05, 0) is 35.6 Å². The molecule has 0 amide bonds. The molecule has 8 heteroatoms. The summed E-state index contributed by atoms with van der Waals surface area (Å²) in [6.45, 7) is 2.25. The van der Waals surface area contributed by atoms with Crippen LogP contribution in [0.2, 0.25) is 0 Å². The maximum atomic E-state index is 11.4. The zero-order valence-corrected chi connectivity index (χ0v) is 12.5. The molecule has 0 aliphatic rings. The topological polar surface area (TPSA) is 90.9 Å². The quantitative estimate of drug-likeness (QED) is 0.814. The zero-order chi connectivity index (χ0) is 13.3. The molecule has 0 radical (unpaired) electrons. The molecular weight excluding hydrogens is 367 g/mol. The van der Waals surface area contributed by atoms with Crippen molar-refractivity contribution < 1.29 is 8.42 Å². The number of primary sulfonamides is 1. The van der Waals surface area contributed by atoms with Crippen LogP contribution in [0.5, 0.6) is 0 Å². The van der Waals surface area contributed by atoms with Gasteiger partial charge in [-0.2, -0.15) is 0 Å². The van der Waals surface area contributed by atoms with Gasteiger partial charge in [0.2, 0.25) is 0 Å². The Labute approximate surface area is 118 Å². The number of hydrogen-bond acceptors (Lipinski definition) is 4. The molecule has 0 unspecified atom stereocenters. The lowest BCUT2D eigenvalue weighted by Crippen LogP contribution is -2.18. The lowest BCUT2D eigenvalue weighted by molar-refractivity contribution is 0.571. The Morgan fingerprint density at radius 2 is 2.00 bits per heavy atom. The first-order chi connectivity index (χ1) is 8.45. The minimum atomic E-state index is -3.86. The van der Waals surface area contributed by atoms with Crippen LogP contribution < -0.4 is 5.14 Å². The van der Waals surface area contributed by atoms with Gasteiger partial charge in [-0.1, -0.05) is 18.2 Å². The second kappa shape index (κ2) is 4.94. The first kappa shape index (κ1) is 13.4. The molecule has 1 heterocycles. The van der Waals surface area contributed by atoms with Gasteiger partial charge in [0.25, 0.3) is 15.2 Å². The number of aromatic nitrogens is 3. The number of benzene rings is 1. The number of halogens is 1. The van der Waals surface area contributed by atoms with Crippen molar-refractivity contribution >= 4 is 32.6 Å². The molecule has 1 aromatic carbocycles. The van der Waals surface area contributed by atoms with Crippen molar-refractivity contribution in [1.82, 2.24) is 14.8 Å². The van der Waals surface area contributed by atoms with Crippen LogP contribution in [-0.4, -0.2) is 23.2 Å². The Balaban J connectivity index is 2.68. The van der Waals surface area contributed by atoms with Gasteiger partial charge in [0.1, 0.15) is 0 Å². The van der Waals surface area contributed by atoms with Crippen molar-refractivity contribution in [2.24, 2.45) is 5.14 Å². The van der Waals surface area contributed by atoms with E-state index in [0.29, 0.717) is 12.4 Å². The molecule has 2 rings (SSSR count). The van der Waals surface area contributed by atoms with Gasteiger partial charge >= 0.3 is 0 Å². The van der Waals surface area contributed by atoms with Crippen molar-refractivity contribution in [2.45, 2.75) is 18.6 Å². The molecule has 0 saturated heterocycles. The molecule has 0 saturated carbocycles. The van der Waals surface area contributed by atoms with Crippen molar-refractivity contribution in [3.8, 4) is 11.4 Å². The lowest BCUT2D eigenvalue weighted by Gasteiger charge is -2.07. The summed E-state index contributed by atoms with van der Waals surface area (Å²) in [6, 6.07) is 7.55. The second-order valence-corrected chi connectivity index (χ2v) is 6.19. The monoisotopic (exact) mass is 378 g/mol. The highest BCUT2D eigenvalue weighted by molar-refractivity contribution is 14.1. The summed E-state index contributed by atoms with van der Waals surface area (Å²) in [5, 5.41) is 12.5. The second-order valence-electron chi connectivity index (χ2n) is 3.58. The largest absolute Gasteiger partial charge is 0.297 e. The Bertz CT molecular complexity index is 681. The standard InChI is InChI=1S/C10H11IN4O2S/c1-2-15-9(7-5-3-4-6-8(7)11)13-14-10(15)18(12,16)17/h3-6H,2H2,1H3,(H2,12,16,17). The third-order valence-electron chi connectivity index (χ3n) is 2.40. The fourth-order valence-corrected chi connectivity index (χ4v) is 2.93. The zero-order valence-electron chi connectivity index (χ0n) is 9.54. The molecule has 0 bridgehead atoms. The van der Waals surface area contributed by atoms with E-state index in [1.54, 1.807) is 0 Å². The molecule has 2 aromatic rings. The predicted molar refractivity (Wildman–Crippen MR) is 75.2 cm³/mol. The van der Waals surface area contributed by atoms with Crippen LogP contribution in [-0.2, 0) is 16.6 Å². The molecule has 0 atom stereocenters. The predicted octanol–water partition coefficient (Wildman–Crippen LogP) is 1.22. The normalized spacial score (nSPS) is 11.7. The smallest absolute Gasteiger partial charge is 0.273 e. The van der Waals surface area contributed by atoms with Crippen LogP contribution in [0.4, 0.5) is 0 Å². The van der Waals surface area contributed by atoms with Gasteiger partial charge in [-0.25, -0.2) is 13.6 Å². The summed E-state index contributed by atoms with van der Waals surface area (Å²) in [6.07, 6.45) is 0. The van der Waals surface area contributed by atoms with Crippen molar-refractivity contribution in [3.63, 3.8) is 0 Å². The Kier molecular flexibility index (Phi) is 3.69. The number of nitrogens with zero attached hydrogens (tertiary/aromatic N) is 3. The van der Waals surface area contributed by atoms with E-state index in [9.17, 15) is 8.42 Å². The summed E-state index contributed by atoms with van der Waals surface area (Å²) < 4.78 is 25.3. The highest BCUT2D eigenvalue weighted by Gasteiger charge is 2.21. The van der Waals surface area contributed by atoms with Crippen molar-refractivity contribution in [3.05, 3.63) is 27.8 Å². The molecule has 96 valence electrons. The SMILES string of the molecule is CCn1c(-c2ccccc2I)nnc1S(N)(=O)=O. The summed E-state index contributed by atoms with van der Waals surface area (Å²) in [5.41, 5.74) is 0.836. The highest BCUT2D eigenvalue weighted by atomic mass is 127. The lowest BCUT2D eigenvalue weighted by atomic mass is 10.2. The molecule has 18 heavy (non-hydrogen) atoms. The van der Waals surface area contributed by atoms with Crippen LogP contribution in [0, 0.1) is 3.57 Å². The average molecular weight is 378 g/mol. The van der Waals surface area contributed by atoms with Crippen LogP contribution in [0.3, 0.4) is 0 Å². The van der Waals surface area contributed by atoms with E-state index in [2.05, 4.69) is 32.8 Å². The van der Waals surface area contributed by atoms with Gasteiger partial charge in [-0.15, -0.1) is 10.2 Å². The Morgan fingerprint density at radius 3 is 2.56 bits per heavy atom. The van der Waals surface area contributed by atoms with E-state index < -0.39 is 10.0 Å². The van der Waals surface area contributed by atoms with E-state index in [-0.39, 0.29) is 5.16 Å². The van der Waals surface area contributed by atoms with Crippen LogP contribution in [0.25, 0.3) is 11.4 Å². The molecule has 0 fully saturated rings. The number of nitrogens with two attached hydrogens (primary N) is 1. The van der Waals surface area contributed by atoms with Crippen LogP contribution in [0.1, 0.15) is 6.92 Å². The third kappa shape index (κ3) is 2.40. The summed E-state index contributed by atoms with van der Waals surface area (Å²) >= 11 is 2.17. The summed E-state index contributed by atoms with van der Waals surface area (Å²) in [5.74, 6) is 0.506. The van der Waals surface area contributed by atoms with E-state index in [1.807, 2.05) is 31.2 Å². The third-order valence-corrected chi connectivity index (χ3v) is 4.15. The van der Waals surface area contributed by atoms with E-state index >= 15 is 0 Å². The minimum absolute atomic E-state index is 0.209. The van der Waals surface area contributed by atoms with Gasteiger partial charge in [0.15, 0.2) is 5.82 Å². The molecule has 1 aromatic heterocycles. The van der Waals surface area contributed by atoms with E-state index in [0.717, 1.165) is 9.13 Å². The molecule has 0 aliphatic heterocycles. The van der Waals surface area contributed by atoms with Gasteiger partial charge in [0, 0.05) is 15.7 Å². The first-order valence-corrected chi connectivity index (χ1v) is 7.78. The summed E-state index contributed by atoms with van der Waals surface area (Å²) in [7, 11) is -3.86. The first-order valence-electron chi connectivity index (χ1n) is 5.16. The van der Waals surface area contributed by atoms with Gasteiger partial charge in [0.05, 0.1) is 0 Å².